The standard InChI is InChI=1S/C17H10BrNO4/c18-12-8-15-14(21-9-22-15)7-11(12)6-13-17(20)23-16(19-13)10-4-2-1-3-5-10/h1-8H,9H2. The second-order valence-electron chi connectivity index (χ2n) is 4.93. The smallest absolute Gasteiger partial charge is 0.363 e. The van der Waals surface area contributed by atoms with Gasteiger partial charge in [0.1, 0.15) is 0 Å². The van der Waals surface area contributed by atoms with E-state index in [2.05, 4.69) is 20.9 Å². The first-order chi connectivity index (χ1) is 11.2. The fourth-order valence-corrected chi connectivity index (χ4v) is 2.74. The zero-order valence-electron chi connectivity index (χ0n) is 11.8. The zero-order valence-corrected chi connectivity index (χ0v) is 13.4. The van der Waals surface area contributed by atoms with Crippen LogP contribution in [0.1, 0.15) is 11.1 Å². The SMILES string of the molecule is O=C1OC(c2ccccc2)=NC1=Cc1cc2c(cc1Br)OCO2. The van der Waals surface area contributed by atoms with Gasteiger partial charge in [0.05, 0.1) is 0 Å². The van der Waals surface area contributed by atoms with Crippen LogP contribution in [0.15, 0.2) is 57.6 Å². The summed E-state index contributed by atoms with van der Waals surface area (Å²) in [5, 5.41) is 0. The van der Waals surface area contributed by atoms with Gasteiger partial charge in [0, 0.05) is 10.0 Å². The minimum atomic E-state index is -0.478. The van der Waals surface area contributed by atoms with Crippen LogP contribution in [-0.4, -0.2) is 18.7 Å². The van der Waals surface area contributed by atoms with E-state index in [9.17, 15) is 4.79 Å². The second kappa shape index (κ2) is 5.55. The highest BCUT2D eigenvalue weighted by atomic mass is 79.9. The summed E-state index contributed by atoms with van der Waals surface area (Å²) < 4.78 is 16.7. The lowest BCUT2D eigenvalue weighted by atomic mass is 10.1. The maximum absolute atomic E-state index is 12.0. The quantitative estimate of drug-likeness (QED) is 0.598. The van der Waals surface area contributed by atoms with Gasteiger partial charge in [0.15, 0.2) is 17.2 Å². The van der Waals surface area contributed by atoms with Gasteiger partial charge < -0.3 is 14.2 Å². The topological polar surface area (TPSA) is 57.1 Å². The van der Waals surface area contributed by atoms with E-state index in [1.54, 1.807) is 18.2 Å². The molecule has 2 heterocycles. The summed E-state index contributed by atoms with van der Waals surface area (Å²) in [4.78, 5) is 16.3. The lowest BCUT2D eigenvalue weighted by Crippen LogP contribution is -2.04. The Morgan fingerprint density at radius 1 is 1.09 bits per heavy atom. The van der Waals surface area contributed by atoms with Crippen LogP contribution in [-0.2, 0) is 9.53 Å². The van der Waals surface area contributed by atoms with Crippen molar-refractivity contribution < 1.29 is 19.0 Å². The molecule has 5 nitrogen and oxygen atoms in total. The van der Waals surface area contributed by atoms with Crippen molar-refractivity contribution in [2.75, 3.05) is 6.79 Å². The Kier molecular flexibility index (Phi) is 3.38. The third-order valence-corrected chi connectivity index (χ3v) is 4.11. The Morgan fingerprint density at radius 3 is 2.61 bits per heavy atom. The van der Waals surface area contributed by atoms with Gasteiger partial charge in [-0.1, -0.05) is 34.1 Å². The van der Waals surface area contributed by atoms with Crippen molar-refractivity contribution in [1.82, 2.24) is 0 Å². The van der Waals surface area contributed by atoms with Crippen LogP contribution >= 0.6 is 15.9 Å². The third kappa shape index (κ3) is 2.61. The van der Waals surface area contributed by atoms with Crippen molar-refractivity contribution >= 4 is 33.9 Å². The molecule has 2 aromatic carbocycles. The molecule has 0 bridgehead atoms. The average molecular weight is 372 g/mol. The molecule has 0 aromatic heterocycles. The van der Waals surface area contributed by atoms with Gasteiger partial charge in [-0.3, -0.25) is 0 Å². The maximum Gasteiger partial charge on any atom is 0.363 e. The number of hydrogen-bond donors (Lipinski definition) is 0. The van der Waals surface area contributed by atoms with Gasteiger partial charge >= 0.3 is 5.97 Å². The maximum atomic E-state index is 12.0. The molecule has 114 valence electrons. The largest absolute Gasteiger partial charge is 0.454 e. The van der Waals surface area contributed by atoms with Crippen molar-refractivity contribution in [2.24, 2.45) is 4.99 Å². The number of fused-ring (bicyclic) bond motifs is 1. The molecule has 0 saturated heterocycles. The van der Waals surface area contributed by atoms with Gasteiger partial charge in [-0.25, -0.2) is 9.79 Å². The van der Waals surface area contributed by atoms with E-state index in [4.69, 9.17) is 14.2 Å². The third-order valence-electron chi connectivity index (χ3n) is 3.43. The number of esters is 1. The first kappa shape index (κ1) is 14.0. The van der Waals surface area contributed by atoms with Crippen LogP contribution in [0.5, 0.6) is 11.5 Å². The Morgan fingerprint density at radius 2 is 1.83 bits per heavy atom. The monoisotopic (exact) mass is 371 g/mol. The minimum Gasteiger partial charge on any atom is -0.454 e. The number of cyclic esters (lactones) is 1. The van der Waals surface area contributed by atoms with E-state index in [-0.39, 0.29) is 12.5 Å². The zero-order chi connectivity index (χ0) is 15.8. The number of rotatable bonds is 2. The van der Waals surface area contributed by atoms with Crippen LogP contribution in [0.2, 0.25) is 0 Å². The van der Waals surface area contributed by atoms with E-state index in [1.165, 1.54) is 0 Å². The summed E-state index contributed by atoms with van der Waals surface area (Å²) in [6.45, 7) is 0.195. The number of halogens is 1. The molecule has 0 amide bonds. The van der Waals surface area contributed by atoms with Crippen LogP contribution in [0.25, 0.3) is 6.08 Å². The molecule has 0 saturated carbocycles. The summed E-state index contributed by atoms with van der Waals surface area (Å²) in [6.07, 6.45) is 1.66. The molecule has 2 aliphatic heterocycles. The number of nitrogens with zero attached hydrogens (tertiary/aromatic N) is 1. The molecular weight excluding hydrogens is 362 g/mol. The predicted octanol–water partition coefficient (Wildman–Crippen LogP) is 3.52. The molecule has 6 heteroatoms. The molecule has 0 spiro atoms. The summed E-state index contributed by atoms with van der Waals surface area (Å²) in [6, 6.07) is 12.9. The Balaban J connectivity index is 1.71. The molecule has 0 fully saturated rings. The number of carbonyl (C=O) groups excluding carboxylic acids is 1. The van der Waals surface area contributed by atoms with E-state index < -0.39 is 5.97 Å². The van der Waals surface area contributed by atoms with E-state index >= 15 is 0 Å². The normalized spacial score (nSPS) is 17.3. The molecule has 0 atom stereocenters. The fraction of sp³-hybridized carbons (Fsp3) is 0.0588. The Labute approximate surface area is 140 Å². The summed E-state index contributed by atoms with van der Waals surface area (Å²) in [5.74, 6) is 1.13. The number of hydrogen-bond acceptors (Lipinski definition) is 5. The molecule has 0 unspecified atom stereocenters. The molecule has 4 rings (SSSR count). The molecule has 2 aliphatic rings. The van der Waals surface area contributed by atoms with Crippen LogP contribution in [0.3, 0.4) is 0 Å². The molecule has 0 N–H and O–H groups in total. The van der Waals surface area contributed by atoms with Crippen LogP contribution in [0, 0.1) is 0 Å². The van der Waals surface area contributed by atoms with Crippen molar-refractivity contribution in [1.29, 1.82) is 0 Å². The summed E-state index contributed by atoms with van der Waals surface area (Å²) in [7, 11) is 0. The second-order valence-corrected chi connectivity index (χ2v) is 5.78. The van der Waals surface area contributed by atoms with Gasteiger partial charge in [-0.05, 0) is 35.9 Å². The molecule has 23 heavy (non-hydrogen) atoms. The van der Waals surface area contributed by atoms with E-state index in [0.29, 0.717) is 17.4 Å². The minimum absolute atomic E-state index is 0.195. The fourth-order valence-electron chi connectivity index (χ4n) is 2.30. The van der Waals surface area contributed by atoms with Crippen molar-refractivity contribution in [3.05, 3.63) is 63.8 Å². The highest BCUT2D eigenvalue weighted by Gasteiger charge is 2.25. The number of benzene rings is 2. The molecule has 0 aliphatic carbocycles. The predicted molar refractivity (Wildman–Crippen MR) is 87.3 cm³/mol. The lowest BCUT2D eigenvalue weighted by molar-refractivity contribution is -0.129. The highest BCUT2D eigenvalue weighted by Crippen LogP contribution is 2.38. The van der Waals surface area contributed by atoms with Crippen molar-refractivity contribution in [2.45, 2.75) is 0 Å². The Bertz CT molecular complexity index is 858. The van der Waals surface area contributed by atoms with Gasteiger partial charge in [-0.2, -0.15) is 0 Å². The molecule has 0 radical (unpaired) electrons. The van der Waals surface area contributed by atoms with E-state index in [0.717, 1.165) is 15.6 Å². The molecule has 2 aromatic rings. The Hall–Kier alpha value is -2.60. The average Bonchev–Trinajstić information content (AvgIpc) is 3.15. The van der Waals surface area contributed by atoms with E-state index in [1.807, 2.05) is 30.3 Å². The van der Waals surface area contributed by atoms with Gasteiger partial charge in [-0.15, -0.1) is 0 Å². The van der Waals surface area contributed by atoms with Crippen LogP contribution in [0.4, 0.5) is 0 Å². The number of aliphatic imine (C=N–C) groups is 1. The first-order valence-electron chi connectivity index (χ1n) is 6.88. The number of ether oxygens (including phenoxy) is 3. The summed E-state index contributed by atoms with van der Waals surface area (Å²) in [5.41, 5.74) is 1.76. The van der Waals surface area contributed by atoms with Gasteiger partial charge in [0.25, 0.3) is 0 Å². The van der Waals surface area contributed by atoms with Crippen LogP contribution < -0.4 is 9.47 Å². The van der Waals surface area contributed by atoms with Gasteiger partial charge in [0.2, 0.25) is 12.7 Å². The summed E-state index contributed by atoms with van der Waals surface area (Å²) >= 11 is 3.46. The highest BCUT2D eigenvalue weighted by molar-refractivity contribution is 9.10. The van der Waals surface area contributed by atoms with Crippen molar-refractivity contribution in [3.63, 3.8) is 0 Å². The number of carbonyl (C=O) groups is 1. The van der Waals surface area contributed by atoms with Crippen molar-refractivity contribution in [3.8, 4) is 11.5 Å². The molecular formula is C17H10BrNO4. The first-order valence-corrected chi connectivity index (χ1v) is 7.67. The lowest BCUT2D eigenvalue weighted by Gasteiger charge is -2.02.